The number of aromatic hydroxyl groups is 3. The molecule has 176 valence electrons. The number of nitrogens with two attached hydrogens (primary N) is 2. The number of benzene rings is 3. The summed E-state index contributed by atoms with van der Waals surface area (Å²) in [4.78, 5) is 0. The molecule has 0 saturated heterocycles. The van der Waals surface area contributed by atoms with Gasteiger partial charge in [-0.15, -0.1) is 0 Å². The number of para-hydroxylation sites is 1. The SMILES string of the molecule is CNc1ccc(O)cc1.CNc1ccc(O)cc1.Nc1cccc(O)c1N.O=S(=O)(O)O. The molecular formula is C20H28N4O7S. The van der Waals surface area contributed by atoms with E-state index in [4.69, 9.17) is 44.3 Å². The Labute approximate surface area is 186 Å². The molecule has 0 aromatic heterocycles. The first-order chi connectivity index (χ1) is 14.9. The van der Waals surface area contributed by atoms with E-state index in [9.17, 15) is 0 Å². The third kappa shape index (κ3) is 14.2. The van der Waals surface area contributed by atoms with Crippen molar-refractivity contribution in [2.75, 3.05) is 36.2 Å². The molecule has 0 heterocycles. The average molecular weight is 469 g/mol. The Kier molecular flexibility index (Phi) is 12.5. The zero-order valence-electron chi connectivity index (χ0n) is 17.5. The molecule has 0 amide bonds. The van der Waals surface area contributed by atoms with Gasteiger partial charge in [-0.3, -0.25) is 9.11 Å². The molecule has 0 spiro atoms. The molecule has 0 aliphatic carbocycles. The van der Waals surface area contributed by atoms with Gasteiger partial charge in [0, 0.05) is 25.5 Å². The van der Waals surface area contributed by atoms with Crippen LogP contribution in [0.15, 0.2) is 66.7 Å². The maximum Gasteiger partial charge on any atom is 0.394 e. The number of phenols is 3. The normalized spacial score (nSPS) is 9.50. The van der Waals surface area contributed by atoms with Crippen molar-refractivity contribution in [3.8, 4) is 17.2 Å². The van der Waals surface area contributed by atoms with E-state index in [0.29, 0.717) is 17.2 Å². The van der Waals surface area contributed by atoms with Crippen molar-refractivity contribution < 1.29 is 32.8 Å². The van der Waals surface area contributed by atoms with Gasteiger partial charge >= 0.3 is 10.4 Å². The Morgan fingerprint density at radius 2 is 1.03 bits per heavy atom. The van der Waals surface area contributed by atoms with Crippen LogP contribution in [0.3, 0.4) is 0 Å². The molecule has 0 fully saturated rings. The molecule has 0 bridgehead atoms. The van der Waals surface area contributed by atoms with E-state index < -0.39 is 10.4 Å². The lowest BCUT2D eigenvalue weighted by Gasteiger charge is -1.99. The van der Waals surface area contributed by atoms with Crippen LogP contribution in [-0.2, 0) is 10.4 Å². The predicted molar refractivity (Wildman–Crippen MR) is 126 cm³/mol. The summed E-state index contributed by atoms with van der Waals surface area (Å²) in [5.41, 5.74) is 13.3. The minimum atomic E-state index is -4.67. The second-order valence-electron chi connectivity index (χ2n) is 5.82. The number of rotatable bonds is 2. The van der Waals surface area contributed by atoms with E-state index in [0.717, 1.165) is 11.4 Å². The molecule has 0 atom stereocenters. The monoisotopic (exact) mass is 468 g/mol. The maximum atomic E-state index is 8.90. The van der Waals surface area contributed by atoms with Crippen molar-refractivity contribution in [3.05, 3.63) is 66.7 Å². The zero-order chi connectivity index (χ0) is 24.7. The standard InChI is InChI=1S/2C7H9NO.C6H8N2O.H2O4S/c2*1-8-6-2-4-7(9)5-3-6;7-4-2-1-3-5(9)6(4)8;1-5(2,3)4/h2*2-5,8-9H,1H3;1-3,9H,7-8H2;(H2,1,2,3,4). The van der Waals surface area contributed by atoms with Gasteiger partial charge in [-0.1, -0.05) is 6.07 Å². The third-order valence-corrected chi connectivity index (χ3v) is 3.43. The number of nitrogens with one attached hydrogen (secondary N) is 2. The number of nitrogen functional groups attached to an aromatic ring is 2. The Morgan fingerprint density at radius 1 is 0.688 bits per heavy atom. The minimum absolute atomic E-state index is 0.0370. The van der Waals surface area contributed by atoms with Crippen molar-refractivity contribution in [3.63, 3.8) is 0 Å². The summed E-state index contributed by atoms with van der Waals surface area (Å²) in [6, 6.07) is 18.6. The Morgan fingerprint density at radius 3 is 1.28 bits per heavy atom. The fourth-order valence-corrected chi connectivity index (χ4v) is 1.83. The minimum Gasteiger partial charge on any atom is -0.508 e. The first kappa shape index (κ1) is 28.1. The van der Waals surface area contributed by atoms with Crippen LogP contribution in [0.5, 0.6) is 17.2 Å². The Hall–Kier alpha value is -3.87. The van der Waals surface area contributed by atoms with Crippen molar-refractivity contribution in [2.45, 2.75) is 0 Å². The van der Waals surface area contributed by atoms with E-state index in [1.807, 2.05) is 38.4 Å². The Balaban J connectivity index is 0.000000410. The molecular weight excluding hydrogens is 440 g/mol. The molecule has 11 N–H and O–H groups in total. The molecule has 32 heavy (non-hydrogen) atoms. The van der Waals surface area contributed by atoms with Crippen LogP contribution in [-0.4, -0.2) is 46.9 Å². The van der Waals surface area contributed by atoms with Gasteiger partial charge in [0.05, 0.1) is 11.4 Å². The highest BCUT2D eigenvalue weighted by Gasteiger charge is 1.96. The second-order valence-corrected chi connectivity index (χ2v) is 6.72. The van der Waals surface area contributed by atoms with Crippen LogP contribution in [0.1, 0.15) is 0 Å². The lowest BCUT2D eigenvalue weighted by molar-refractivity contribution is 0.381. The topological polar surface area (TPSA) is 211 Å². The van der Waals surface area contributed by atoms with Crippen LogP contribution in [0.25, 0.3) is 0 Å². The number of hydrogen-bond acceptors (Lipinski definition) is 9. The molecule has 0 saturated carbocycles. The molecule has 0 unspecified atom stereocenters. The van der Waals surface area contributed by atoms with Gasteiger partial charge in [-0.05, 0) is 60.7 Å². The number of hydrogen-bond donors (Lipinski definition) is 9. The van der Waals surface area contributed by atoms with E-state index in [1.165, 1.54) is 6.07 Å². The van der Waals surface area contributed by atoms with Crippen LogP contribution in [0.2, 0.25) is 0 Å². The number of anilines is 4. The van der Waals surface area contributed by atoms with Crippen molar-refractivity contribution in [1.29, 1.82) is 0 Å². The van der Waals surface area contributed by atoms with Crippen LogP contribution >= 0.6 is 0 Å². The van der Waals surface area contributed by atoms with Crippen LogP contribution < -0.4 is 22.1 Å². The summed E-state index contributed by atoms with van der Waals surface area (Å²) in [5.74, 6) is 0.637. The fourth-order valence-electron chi connectivity index (χ4n) is 1.83. The molecule has 3 rings (SSSR count). The zero-order valence-corrected chi connectivity index (χ0v) is 18.3. The molecule has 0 radical (unpaired) electrons. The molecule has 3 aromatic carbocycles. The van der Waals surface area contributed by atoms with Gasteiger partial charge in [0.1, 0.15) is 17.2 Å². The molecule has 0 aliphatic heterocycles. The summed E-state index contributed by atoms with van der Waals surface area (Å²) in [7, 11) is -0.987. The maximum absolute atomic E-state index is 8.90. The lowest BCUT2D eigenvalue weighted by atomic mass is 10.2. The first-order valence-corrected chi connectivity index (χ1v) is 10.2. The van der Waals surface area contributed by atoms with Crippen LogP contribution in [0.4, 0.5) is 22.7 Å². The smallest absolute Gasteiger partial charge is 0.394 e. The fraction of sp³-hybridized carbons (Fsp3) is 0.100. The van der Waals surface area contributed by atoms with Gasteiger partial charge in [0.2, 0.25) is 0 Å². The highest BCUT2D eigenvalue weighted by molar-refractivity contribution is 7.79. The highest BCUT2D eigenvalue weighted by Crippen LogP contribution is 2.24. The summed E-state index contributed by atoms with van der Waals surface area (Å²) in [6.45, 7) is 0. The lowest BCUT2D eigenvalue weighted by Crippen LogP contribution is -1.93. The van der Waals surface area contributed by atoms with Crippen molar-refractivity contribution in [2.24, 2.45) is 0 Å². The largest absolute Gasteiger partial charge is 0.508 e. The third-order valence-electron chi connectivity index (χ3n) is 3.43. The van der Waals surface area contributed by atoms with E-state index in [-0.39, 0.29) is 11.4 Å². The van der Waals surface area contributed by atoms with Gasteiger partial charge in [0.25, 0.3) is 0 Å². The number of phenolic OH excluding ortho intramolecular Hbond substituents is 3. The molecule has 12 heteroatoms. The second kappa shape index (κ2) is 14.2. The summed E-state index contributed by atoms with van der Waals surface area (Å²) in [6.07, 6.45) is 0. The van der Waals surface area contributed by atoms with Gasteiger partial charge in [-0.25, -0.2) is 0 Å². The van der Waals surface area contributed by atoms with Gasteiger partial charge < -0.3 is 37.4 Å². The highest BCUT2D eigenvalue weighted by atomic mass is 32.3. The van der Waals surface area contributed by atoms with Crippen molar-refractivity contribution in [1.82, 2.24) is 0 Å². The van der Waals surface area contributed by atoms with E-state index >= 15 is 0 Å². The van der Waals surface area contributed by atoms with E-state index in [2.05, 4.69) is 10.6 Å². The molecule has 3 aromatic rings. The van der Waals surface area contributed by atoms with E-state index in [1.54, 1.807) is 36.4 Å². The predicted octanol–water partition coefficient (Wildman–Crippen LogP) is 2.77. The molecule has 0 aliphatic rings. The molecule has 11 nitrogen and oxygen atoms in total. The summed E-state index contributed by atoms with van der Waals surface area (Å²) >= 11 is 0. The first-order valence-electron chi connectivity index (χ1n) is 8.83. The van der Waals surface area contributed by atoms with Crippen LogP contribution in [0, 0.1) is 0 Å². The van der Waals surface area contributed by atoms with Gasteiger partial charge in [-0.2, -0.15) is 8.42 Å². The summed E-state index contributed by atoms with van der Waals surface area (Å²) < 4.78 is 31.6. The quantitative estimate of drug-likeness (QED) is 0.115. The van der Waals surface area contributed by atoms with Crippen molar-refractivity contribution >= 4 is 33.1 Å². The average Bonchev–Trinajstić information content (AvgIpc) is 2.73. The summed E-state index contributed by atoms with van der Waals surface area (Å²) in [5, 5.41) is 32.4. The van der Waals surface area contributed by atoms with Gasteiger partial charge in [0.15, 0.2) is 0 Å². The Bertz CT molecular complexity index is 955.